The van der Waals surface area contributed by atoms with Gasteiger partial charge in [0.25, 0.3) is 0 Å². The Morgan fingerprint density at radius 3 is 0.600 bits per heavy atom. The normalized spacial score (nSPS) is 11.6. The van der Waals surface area contributed by atoms with Gasteiger partial charge in [-0.05, 0) is 97.1 Å². The molecule has 0 N–H and O–H groups in total. The monoisotopic (exact) mass is 726 g/mol. The molecule has 50 heavy (non-hydrogen) atoms. The van der Waals surface area contributed by atoms with E-state index in [1.165, 1.54) is 0 Å². The van der Waals surface area contributed by atoms with E-state index in [1.54, 1.807) is 0 Å². The molecule has 0 amide bonds. The molecule has 0 aromatic heterocycles. The van der Waals surface area contributed by atoms with Gasteiger partial charge in [0.15, 0.2) is 0 Å². The van der Waals surface area contributed by atoms with Crippen LogP contribution in [-0.2, 0) is 24.7 Å². The van der Waals surface area contributed by atoms with Crippen LogP contribution in [0.4, 0.5) is 52.7 Å². The standard InChI is InChI=1S/4C9H4F3.Al.Na/c4*1-2-7-3-5-8(6-4-7)9(10,11)12;;/h4*3-6H;;/q;;;;-1;+1. The van der Waals surface area contributed by atoms with Crippen molar-refractivity contribution in [1.82, 2.24) is 0 Å². The van der Waals surface area contributed by atoms with Crippen LogP contribution in [0.25, 0.3) is 0 Å². The number of alkyl halides is 12. The molecule has 0 unspecified atom stereocenters. The third kappa shape index (κ3) is 11.4. The van der Waals surface area contributed by atoms with E-state index in [9.17, 15) is 52.7 Å². The van der Waals surface area contributed by atoms with Gasteiger partial charge in [0.2, 0.25) is 0 Å². The van der Waals surface area contributed by atoms with Gasteiger partial charge >= 0.3 is 67.3 Å². The Kier molecular flexibility index (Phi) is 12.7. The molecule has 0 spiro atoms. The van der Waals surface area contributed by atoms with E-state index < -0.39 is 60.0 Å². The van der Waals surface area contributed by atoms with Crippen LogP contribution >= 0.6 is 0 Å². The smallest absolute Gasteiger partial charge is 0.306 e. The van der Waals surface area contributed by atoms with Gasteiger partial charge in [0.1, 0.15) is 0 Å². The zero-order valence-corrected chi connectivity index (χ0v) is 28.5. The molecule has 4 rings (SSSR count). The fraction of sp³-hybridized carbons (Fsp3) is 0.111. The molecule has 14 heteroatoms. The van der Waals surface area contributed by atoms with Gasteiger partial charge in [0, 0.05) is 22.3 Å². The number of halogens is 12. The van der Waals surface area contributed by atoms with Gasteiger partial charge in [-0.2, -0.15) is 52.7 Å². The number of rotatable bonds is 0. The number of hydrogen-bond donors (Lipinski definition) is 0. The van der Waals surface area contributed by atoms with E-state index in [-0.39, 0.29) is 51.8 Å². The average Bonchev–Trinajstić information content (AvgIpc) is 3.03. The van der Waals surface area contributed by atoms with Gasteiger partial charge in [-0.15, -0.1) is 23.7 Å². The molecule has 0 fully saturated rings. The molecule has 0 radical (unpaired) electrons. The Balaban J connectivity index is 0.00000676. The molecule has 0 heterocycles. The second kappa shape index (κ2) is 15.8. The summed E-state index contributed by atoms with van der Waals surface area (Å²) in [7, 11) is 0. The maximum Gasteiger partial charge on any atom is 1.00 e. The van der Waals surface area contributed by atoms with Crippen molar-refractivity contribution in [3.05, 3.63) is 142 Å². The van der Waals surface area contributed by atoms with Crippen LogP contribution in [0.15, 0.2) is 97.1 Å². The van der Waals surface area contributed by atoms with E-state index in [0.717, 1.165) is 97.1 Å². The van der Waals surface area contributed by atoms with Crippen LogP contribution in [0, 0.1) is 42.8 Å². The van der Waals surface area contributed by atoms with Crippen LogP contribution in [-0.4, -0.2) is 13.1 Å². The SMILES string of the molecule is FC(F)(F)c1ccc(C#[C][Al-]([C]#Cc2ccc(C(F)(F)F)cc2)([C]#Cc2ccc(C(F)(F)F)cc2)[C]#Cc2ccc(C(F)(F)F)cc2)cc1.[Na+]. The van der Waals surface area contributed by atoms with Gasteiger partial charge < -0.3 is 19.1 Å². The van der Waals surface area contributed by atoms with E-state index in [2.05, 4.69) is 42.8 Å². The molecule has 0 aliphatic heterocycles. The van der Waals surface area contributed by atoms with Crippen LogP contribution in [0.5, 0.6) is 0 Å². The molecule has 0 atom stereocenters. The predicted octanol–water partition coefficient (Wildman–Crippen LogP) is 6.88. The average molecular weight is 726 g/mol. The third-order valence-electron chi connectivity index (χ3n) is 6.58. The summed E-state index contributed by atoms with van der Waals surface area (Å²) in [6.45, 7) is 0. The minimum Gasteiger partial charge on any atom is -0.306 e. The van der Waals surface area contributed by atoms with Crippen LogP contribution in [0.1, 0.15) is 44.5 Å². The van der Waals surface area contributed by atoms with Crippen molar-refractivity contribution < 1.29 is 82.2 Å². The molecule has 0 saturated heterocycles. The largest absolute Gasteiger partial charge is 1.00 e. The molecule has 4 aromatic rings. The first-order chi connectivity index (χ1) is 22.7. The third-order valence-corrected chi connectivity index (χ3v) is 8.89. The topological polar surface area (TPSA) is 0 Å². The van der Waals surface area contributed by atoms with E-state index in [1.807, 2.05) is 0 Å². The van der Waals surface area contributed by atoms with Crippen molar-refractivity contribution in [2.24, 2.45) is 0 Å². The summed E-state index contributed by atoms with van der Waals surface area (Å²) >= 11 is -4.45. The van der Waals surface area contributed by atoms with Crippen LogP contribution < -0.4 is 29.6 Å². The predicted molar refractivity (Wildman–Crippen MR) is 159 cm³/mol. The Morgan fingerprint density at radius 2 is 0.460 bits per heavy atom. The van der Waals surface area contributed by atoms with E-state index >= 15 is 0 Å². The Morgan fingerprint density at radius 1 is 0.300 bits per heavy atom. The zero-order valence-electron chi connectivity index (χ0n) is 25.4. The molecular formula is C36H16AlF12Na. The molecule has 0 bridgehead atoms. The molecule has 4 aromatic carbocycles. The zero-order chi connectivity index (χ0) is 36.1. The van der Waals surface area contributed by atoms with Crippen molar-refractivity contribution in [3.63, 3.8) is 0 Å². The second-order valence-electron chi connectivity index (χ2n) is 10.2. The van der Waals surface area contributed by atoms with Gasteiger partial charge in [-0.25, -0.2) is 0 Å². The molecule has 0 saturated carbocycles. The molecular weight excluding hydrogens is 710 g/mol. The summed E-state index contributed by atoms with van der Waals surface area (Å²) in [6, 6.07) is 14.7. The van der Waals surface area contributed by atoms with Crippen LogP contribution in [0.2, 0.25) is 0 Å². The molecule has 248 valence electrons. The summed E-state index contributed by atoms with van der Waals surface area (Å²) in [5.41, 5.74) is -3.57. The van der Waals surface area contributed by atoms with Crippen molar-refractivity contribution in [1.29, 1.82) is 0 Å². The fourth-order valence-electron chi connectivity index (χ4n) is 3.95. The quantitative estimate of drug-likeness (QED) is 0.105. The minimum atomic E-state index is -4.64. The van der Waals surface area contributed by atoms with Crippen molar-refractivity contribution in [2.45, 2.75) is 24.7 Å². The summed E-state index contributed by atoms with van der Waals surface area (Å²) in [5, 5.41) is 0. The fourth-order valence-corrected chi connectivity index (χ4v) is 5.92. The molecule has 0 aliphatic rings. The Hall–Kier alpha value is -4.19. The first-order valence-electron chi connectivity index (χ1n) is 13.7. The van der Waals surface area contributed by atoms with Crippen LogP contribution in [0.3, 0.4) is 0 Å². The maximum atomic E-state index is 13.1. The second-order valence-corrected chi connectivity index (χ2v) is 13.1. The minimum absolute atomic E-state index is 0. The number of hydrogen-bond acceptors (Lipinski definition) is 0. The number of benzene rings is 4. The molecule has 0 aliphatic carbocycles. The van der Waals surface area contributed by atoms with E-state index in [0.29, 0.717) is 0 Å². The van der Waals surface area contributed by atoms with Crippen molar-refractivity contribution >= 4 is 13.1 Å². The Labute approximate surface area is 302 Å². The van der Waals surface area contributed by atoms with Gasteiger partial charge in [0.05, 0.1) is 22.3 Å². The van der Waals surface area contributed by atoms with Gasteiger partial charge in [-0.3, -0.25) is 0 Å². The summed E-state index contributed by atoms with van der Waals surface area (Å²) in [5.74, 6) is 10.7. The summed E-state index contributed by atoms with van der Waals surface area (Å²) in [6.07, 6.45) is -18.6. The van der Waals surface area contributed by atoms with Crippen molar-refractivity contribution in [2.75, 3.05) is 0 Å². The molecule has 0 nitrogen and oxygen atoms in total. The summed E-state index contributed by atoms with van der Waals surface area (Å²) < 4.78 is 157. The van der Waals surface area contributed by atoms with E-state index in [4.69, 9.17) is 0 Å². The van der Waals surface area contributed by atoms with Crippen molar-refractivity contribution in [3.8, 4) is 42.8 Å². The first-order valence-corrected chi connectivity index (χ1v) is 16.0. The summed E-state index contributed by atoms with van der Waals surface area (Å²) in [4.78, 5) is 11.2. The maximum absolute atomic E-state index is 13.1. The van der Waals surface area contributed by atoms with Gasteiger partial charge in [-0.1, -0.05) is 0 Å². The first kappa shape index (κ1) is 40.2. The Bertz CT molecular complexity index is 1740.